The van der Waals surface area contributed by atoms with Crippen molar-refractivity contribution in [3.8, 4) is 0 Å². The number of halogens is 1. The summed E-state index contributed by atoms with van der Waals surface area (Å²) in [4.78, 5) is 24.7. The third-order valence-electron chi connectivity index (χ3n) is 4.68. The molecular formula is C20H23FN6O3. The highest BCUT2D eigenvalue weighted by Gasteiger charge is 2.36. The Kier molecular flexibility index (Phi) is 5.59. The number of benzene rings is 1. The first kappa shape index (κ1) is 21.0. The zero-order valence-corrected chi connectivity index (χ0v) is 16.9. The number of carbonyl (C=O) groups is 2. The van der Waals surface area contributed by atoms with Crippen LogP contribution in [-0.4, -0.2) is 23.5 Å². The van der Waals surface area contributed by atoms with Gasteiger partial charge >= 0.3 is 5.91 Å². The van der Waals surface area contributed by atoms with Gasteiger partial charge in [0.2, 0.25) is 5.96 Å². The Morgan fingerprint density at radius 3 is 2.37 bits per heavy atom. The minimum absolute atomic E-state index is 0.0505. The Bertz CT molecular complexity index is 1050. The van der Waals surface area contributed by atoms with E-state index in [1.807, 2.05) is 13.8 Å². The number of nitrogens with zero attached hydrogens (tertiary/aromatic N) is 2. The third kappa shape index (κ3) is 4.48. The highest BCUT2D eigenvalue weighted by atomic mass is 19.1. The number of amides is 2. The van der Waals surface area contributed by atoms with Crippen LogP contribution in [0.25, 0.3) is 0 Å². The van der Waals surface area contributed by atoms with Crippen LogP contribution >= 0.6 is 0 Å². The van der Waals surface area contributed by atoms with Gasteiger partial charge in [0, 0.05) is 23.1 Å². The average molecular weight is 414 g/mol. The molecule has 0 radical (unpaired) electrons. The summed E-state index contributed by atoms with van der Waals surface area (Å²) in [6, 6.07) is 4.92. The van der Waals surface area contributed by atoms with Crippen LogP contribution in [0.15, 0.2) is 38.9 Å². The van der Waals surface area contributed by atoms with Crippen molar-refractivity contribution in [2.45, 2.75) is 33.6 Å². The fourth-order valence-electron chi connectivity index (χ4n) is 3.38. The van der Waals surface area contributed by atoms with Crippen molar-refractivity contribution >= 4 is 23.5 Å². The van der Waals surface area contributed by atoms with Crippen molar-refractivity contribution < 1.29 is 18.4 Å². The number of hydrogen-bond donors (Lipinski definition) is 4. The van der Waals surface area contributed by atoms with E-state index in [0.717, 1.165) is 12.1 Å². The molecule has 1 aromatic carbocycles. The predicted molar refractivity (Wildman–Crippen MR) is 109 cm³/mol. The monoisotopic (exact) mass is 414 g/mol. The van der Waals surface area contributed by atoms with E-state index in [9.17, 15) is 14.0 Å². The molecule has 1 aliphatic carbocycles. The molecule has 0 saturated carbocycles. The molecule has 3 rings (SSSR count). The Labute approximate surface area is 172 Å². The molecule has 30 heavy (non-hydrogen) atoms. The van der Waals surface area contributed by atoms with E-state index < -0.39 is 17.6 Å². The van der Waals surface area contributed by atoms with Crippen LogP contribution in [0.2, 0.25) is 0 Å². The van der Waals surface area contributed by atoms with Crippen molar-refractivity contribution in [3.05, 3.63) is 58.3 Å². The summed E-state index contributed by atoms with van der Waals surface area (Å²) in [7, 11) is 0. The van der Waals surface area contributed by atoms with E-state index in [-0.39, 0.29) is 22.7 Å². The lowest BCUT2D eigenvalue weighted by molar-refractivity contribution is 0.0828. The van der Waals surface area contributed by atoms with Gasteiger partial charge in [-0.05, 0) is 43.0 Å². The molecule has 0 saturated heterocycles. The third-order valence-corrected chi connectivity index (χ3v) is 4.68. The number of guanidine groups is 1. The van der Waals surface area contributed by atoms with E-state index in [2.05, 4.69) is 21.1 Å². The van der Waals surface area contributed by atoms with Crippen LogP contribution in [0.5, 0.6) is 0 Å². The zero-order chi connectivity index (χ0) is 22.1. The maximum absolute atomic E-state index is 13.0. The fourth-order valence-corrected chi connectivity index (χ4v) is 3.38. The summed E-state index contributed by atoms with van der Waals surface area (Å²) in [5.74, 6) is -1.20. The summed E-state index contributed by atoms with van der Waals surface area (Å²) in [5.41, 5.74) is 17.3. The summed E-state index contributed by atoms with van der Waals surface area (Å²) >= 11 is 0. The minimum atomic E-state index is -0.628. The normalized spacial score (nSPS) is 15.9. The first-order chi connectivity index (χ1) is 14.1. The second-order valence-corrected chi connectivity index (χ2v) is 7.86. The van der Waals surface area contributed by atoms with Crippen molar-refractivity contribution in [1.82, 2.24) is 10.9 Å². The Morgan fingerprint density at radius 1 is 1.10 bits per heavy atom. The van der Waals surface area contributed by atoms with Crippen LogP contribution in [0.3, 0.4) is 0 Å². The first-order valence-corrected chi connectivity index (χ1v) is 9.22. The van der Waals surface area contributed by atoms with E-state index in [1.165, 1.54) is 12.1 Å². The van der Waals surface area contributed by atoms with Gasteiger partial charge in [-0.25, -0.2) is 4.39 Å². The molecule has 9 nitrogen and oxygen atoms in total. The number of carbonyl (C=O) groups excluding carboxylic acids is 2. The summed E-state index contributed by atoms with van der Waals surface area (Å²) in [5, 5.41) is 7.88. The zero-order valence-electron chi connectivity index (χ0n) is 16.9. The molecule has 1 heterocycles. The maximum Gasteiger partial charge on any atom is 0.305 e. The fraction of sp³-hybridized carbons (Fsp3) is 0.300. The van der Waals surface area contributed by atoms with Crippen molar-refractivity contribution in [2.24, 2.45) is 27.1 Å². The number of furan rings is 1. The minimum Gasteiger partial charge on any atom is -0.455 e. The van der Waals surface area contributed by atoms with Crippen LogP contribution in [0.1, 0.15) is 58.1 Å². The van der Waals surface area contributed by atoms with Gasteiger partial charge in [0.1, 0.15) is 11.6 Å². The maximum atomic E-state index is 13.0. The number of nitrogens with one attached hydrogen (secondary N) is 2. The first-order valence-electron chi connectivity index (χ1n) is 9.22. The van der Waals surface area contributed by atoms with Crippen LogP contribution in [-0.2, 0) is 6.42 Å². The van der Waals surface area contributed by atoms with Gasteiger partial charge < -0.3 is 15.9 Å². The molecule has 0 unspecified atom stereocenters. The van der Waals surface area contributed by atoms with Gasteiger partial charge in [0.05, 0.1) is 5.71 Å². The lowest BCUT2D eigenvalue weighted by atomic mass is 9.75. The standard InChI is InChI=1S/C20H23FN6O3/c1-10-15-13(24-27-19(22)23)8-20(2,3)9-14(15)30-16(10)18(29)26-25-17(28)11-4-6-12(21)7-5-11/h4-7H,8-9H2,1-3H3,(H,25,28)(H,26,29)(H4,22,23,27)/b24-13-. The lowest BCUT2D eigenvalue weighted by Crippen LogP contribution is -2.41. The number of hydrazine groups is 1. The van der Waals surface area contributed by atoms with Gasteiger partial charge in [-0.2, -0.15) is 5.10 Å². The molecule has 0 aliphatic heterocycles. The van der Waals surface area contributed by atoms with Gasteiger partial charge in [0.25, 0.3) is 5.91 Å². The number of hydrogen-bond acceptors (Lipinski definition) is 5. The van der Waals surface area contributed by atoms with Gasteiger partial charge in [-0.3, -0.25) is 20.4 Å². The Hall–Kier alpha value is -3.69. The summed E-state index contributed by atoms with van der Waals surface area (Å²) < 4.78 is 18.8. The van der Waals surface area contributed by atoms with E-state index >= 15 is 0 Å². The molecule has 10 heteroatoms. The Morgan fingerprint density at radius 2 is 1.73 bits per heavy atom. The van der Waals surface area contributed by atoms with Crippen molar-refractivity contribution in [3.63, 3.8) is 0 Å². The van der Waals surface area contributed by atoms with E-state index in [1.54, 1.807) is 6.92 Å². The molecule has 2 amide bonds. The van der Waals surface area contributed by atoms with Crippen LogP contribution in [0.4, 0.5) is 4.39 Å². The molecule has 0 bridgehead atoms. The van der Waals surface area contributed by atoms with Crippen molar-refractivity contribution in [1.29, 1.82) is 0 Å². The lowest BCUT2D eigenvalue weighted by Gasteiger charge is -2.29. The van der Waals surface area contributed by atoms with Gasteiger partial charge in [0.15, 0.2) is 5.76 Å². The molecule has 0 spiro atoms. The van der Waals surface area contributed by atoms with Crippen LogP contribution < -0.4 is 22.3 Å². The van der Waals surface area contributed by atoms with E-state index in [4.69, 9.17) is 15.9 Å². The molecule has 1 aromatic heterocycles. The van der Waals surface area contributed by atoms with E-state index in [0.29, 0.717) is 35.4 Å². The molecule has 158 valence electrons. The second-order valence-electron chi connectivity index (χ2n) is 7.86. The smallest absolute Gasteiger partial charge is 0.305 e. The highest BCUT2D eigenvalue weighted by molar-refractivity contribution is 6.07. The summed E-state index contributed by atoms with van der Waals surface area (Å²) in [6.45, 7) is 5.81. The van der Waals surface area contributed by atoms with Crippen molar-refractivity contribution in [2.75, 3.05) is 0 Å². The summed E-state index contributed by atoms with van der Waals surface area (Å²) in [6.07, 6.45) is 1.19. The van der Waals surface area contributed by atoms with Crippen LogP contribution in [0, 0.1) is 18.2 Å². The second kappa shape index (κ2) is 7.97. The molecule has 0 atom stereocenters. The SMILES string of the molecule is Cc1c(C(=O)NNC(=O)c2ccc(F)cc2)oc2c1/C(=N\N=C(N)N)CC(C)(C)C2. The topological polar surface area (TPSA) is 148 Å². The highest BCUT2D eigenvalue weighted by Crippen LogP contribution is 2.38. The molecule has 0 fully saturated rings. The quantitative estimate of drug-likeness (QED) is 0.343. The largest absolute Gasteiger partial charge is 0.455 e. The van der Waals surface area contributed by atoms with Gasteiger partial charge in [-0.1, -0.05) is 13.8 Å². The van der Waals surface area contributed by atoms with Gasteiger partial charge in [-0.15, -0.1) is 5.10 Å². The predicted octanol–water partition coefficient (Wildman–Crippen LogP) is 1.75. The molecule has 2 aromatic rings. The molecular weight excluding hydrogens is 391 g/mol. The molecule has 1 aliphatic rings. The Balaban J connectivity index is 1.83. The number of rotatable bonds is 3. The average Bonchev–Trinajstić information content (AvgIpc) is 2.99. The number of nitrogens with two attached hydrogens (primary N) is 2. The molecule has 6 N–H and O–H groups in total. The number of fused-ring (bicyclic) bond motifs is 1.